The number of nitrogens with one attached hydrogen (secondary N) is 1. The number of nitrogens with zero attached hydrogens (tertiary/aromatic N) is 4. The minimum Gasteiger partial charge on any atom is -0.484 e. The van der Waals surface area contributed by atoms with E-state index in [1.54, 1.807) is 38.1 Å². The van der Waals surface area contributed by atoms with Crippen LogP contribution in [0.2, 0.25) is 0 Å². The topological polar surface area (TPSA) is 124 Å². The van der Waals surface area contributed by atoms with Gasteiger partial charge in [-0.3, -0.25) is 9.59 Å². The number of hydrogen-bond donors (Lipinski definition) is 2. The number of benzene rings is 1. The Hall–Kier alpha value is -3.70. The SMILES string of the molecule is Cc1nc2nc(C(F)(F)F)nn2c(C)c1CCC(=O)Nc1cccc(OCC(N)=O)c1. The smallest absolute Gasteiger partial charge is 0.453 e. The molecule has 9 nitrogen and oxygen atoms in total. The monoisotopic (exact) mass is 436 g/mol. The van der Waals surface area contributed by atoms with E-state index in [4.69, 9.17) is 10.5 Å². The summed E-state index contributed by atoms with van der Waals surface area (Å²) in [5.74, 6) is -2.00. The van der Waals surface area contributed by atoms with Crippen LogP contribution in [-0.2, 0) is 22.2 Å². The highest BCUT2D eigenvalue weighted by atomic mass is 19.4. The molecular weight excluding hydrogens is 417 g/mol. The van der Waals surface area contributed by atoms with Gasteiger partial charge in [0.05, 0.1) is 0 Å². The van der Waals surface area contributed by atoms with Crippen LogP contribution in [0.1, 0.15) is 29.2 Å². The molecule has 0 spiro atoms. The molecule has 0 saturated carbocycles. The van der Waals surface area contributed by atoms with E-state index in [9.17, 15) is 22.8 Å². The molecule has 0 fully saturated rings. The molecular formula is C19H19F3N6O3. The summed E-state index contributed by atoms with van der Waals surface area (Å²) in [4.78, 5) is 30.7. The molecule has 2 aromatic heterocycles. The van der Waals surface area contributed by atoms with E-state index < -0.39 is 17.9 Å². The number of anilines is 1. The Labute approximate surface area is 174 Å². The Bertz CT molecular complexity index is 1140. The third-order valence-corrected chi connectivity index (χ3v) is 4.40. The minimum absolute atomic E-state index is 0.0576. The van der Waals surface area contributed by atoms with Crippen LogP contribution in [0.15, 0.2) is 24.3 Å². The zero-order chi connectivity index (χ0) is 22.8. The number of hydrogen-bond acceptors (Lipinski definition) is 6. The van der Waals surface area contributed by atoms with Gasteiger partial charge in [0.25, 0.3) is 17.5 Å². The van der Waals surface area contributed by atoms with Gasteiger partial charge in [0, 0.05) is 29.6 Å². The zero-order valence-corrected chi connectivity index (χ0v) is 16.7. The van der Waals surface area contributed by atoms with Gasteiger partial charge in [-0.05, 0) is 38.0 Å². The van der Waals surface area contributed by atoms with E-state index >= 15 is 0 Å². The van der Waals surface area contributed by atoms with Crippen LogP contribution in [0, 0.1) is 13.8 Å². The van der Waals surface area contributed by atoms with Crippen molar-refractivity contribution in [2.24, 2.45) is 5.73 Å². The molecule has 12 heteroatoms. The zero-order valence-electron chi connectivity index (χ0n) is 16.7. The Morgan fingerprint density at radius 2 is 1.97 bits per heavy atom. The molecule has 0 unspecified atom stereocenters. The number of rotatable bonds is 7. The van der Waals surface area contributed by atoms with E-state index in [-0.39, 0.29) is 31.1 Å². The molecule has 0 radical (unpaired) electrons. The molecule has 2 amide bonds. The number of fused-ring (bicyclic) bond motifs is 1. The van der Waals surface area contributed by atoms with E-state index in [0.29, 0.717) is 28.4 Å². The van der Waals surface area contributed by atoms with E-state index in [2.05, 4.69) is 20.4 Å². The maximum atomic E-state index is 12.9. The summed E-state index contributed by atoms with van der Waals surface area (Å²) < 4.78 is 44.9. The molecule has 3 rings (SSSR count). The van der Waals surface area contributed by atoms with Crippen molar-refractivity contribution in [2.45, 2.75) is 32.9 Å². The summed E-state index contributed by atoms with van der Waals surface area (Å²) in [5.41, 5.74) is 7.00. The maximum Gasteiger partial charge on any atom is 0.453 e. The molecule has 0 atom stereocenters. The lowest BCUT2D eigenvalue weighted by Gasteiger charge is -2.11. The predicted molar refractivity (Wildman–Crippen MR) is 103 cm³/mol. The number of halogens is 3. The molecule has 0 aliphatic heterocycles. The fourth-order valence-corrected chi connectivity index (χ4v) is 2.97. The standard InChI is InChI=1S/C19H19F3N6O3/c1-10-14(11(2)28-18(24-10)26-17(27-28)19(20,21)22)6-7-16(30)25-12-4-3-5-13(8-12)31-9-15(23)29/h3-5,8H,6-7,9H2,1-2H3,(H2,23,29)(H,25,30). The second kappa shape index (κ2) is 8.58. The summed E-state index contributed by atoms with van der Waals surface area (Å²) in [7, 11) is 0. The Morgan fingerprint density at radius 1 is 1.23 bits per heavy atom. The summed E-state index contributed by atoms with van der Waals surface area (Å²) in [5, 5.41) is 6.19. The number of amides is 2. The van der Waals surface area contributed by atoms with Crippen LogP contribution in [-0.4, -0.2) is 38.0 Å². The molecule has 2 heterocycles. The van der Waals surface area contributed by atoms with Crippen molar-refractivity contribution in [1.29, 1.82) is 0 Å². The summed E-state index contributed by atoms with van der Waals surface area (Å²) >= 11 is 0. The first-order valence-electron chi connectivity index (χ1n) is 9.15. The fraction of sp³-hybridized carbons (Fsp3) is 0.316. The first-order chi connectivity index (χ1) is 14.5. The molecule has 3 N–H and O–H groups in total. The first kappa shape index (κ1) is 22.0. The quantitative estimate of drug-likeness (QED) is 0.585. The minimum atomic E-state index is -4.68. The van der Waals surface area contributed by atoms with E-state index in [1.807, 2.05) is 0 Å². The van der Waals surface area contributed by atoms with Crippen LogP contribution in [0.5, 0.6) is 5.75 Å². The van der Waals surface area contributed by atoms with Gasteiger partial charge in [-0.2, -0.15) is 18.2 Å². The van der Waals surface area contributed by atoms with Crippen molar-refractivity contribution in [2.75, 3.05) is 11.9 Å². The van der Waals surface area contributed by atoms with E-state index in [1.165, 1.54) is 0 Å². The largest absolute Gasteiger partial charge is 0.484 e. The van der Waals surface area contributed by atoms with Crippen LogP contribution >= 0.6 is 0 Å². The fourth-order valence-electron chi connectivity index (χ4n) is 2.97. The number of ether oxygens (including phenoxy) is 1. The average Bonchev–Trinajstić information content (AvgIpc) is 3.11. The number of aryl methyl sites for hydroxylation is 2. The summed E-state index contributed by atoms with van der Waals surface area (Å²) in [6, 6.07) is 6.44. The molecule has 0 saturated heterocycles. The lowest BCUT2D eigenvalue weighted by Crippen LogP contribution is -2.20. The van der Waals surface area contributed by atoms with Crippen molar-refractivity contribution < 1.29 is 27.5 Å². The van der Waals surface area contributed by atoms with Crippen LogP contribution in [0.25, 0.3) is 5.78 Å². The highest BCUT2D eigenvalue weighted by Gasteiger charge is 2.36. The molecule has 31 heavy (non-hydrogen) atoms. The number of carbonyl (C=O) groups excluding carboxylic acids is 2. The average molecular weight is 436 g/mol. The number of primary amides is 1. The second-order valence-corrected chi connectivity index (χ2v) is 6.74. The third-order valence-electron chi connectivity index (χ3n) is 4.40. The number of nitrogens with two attached hydrogens (primary N) is 1. The van der Waals surface area contributed by atoms with Gasteiger partial charge in [0.1, 0.15) is 5.75 Å². The van der Waals surface area contributed by atoms with Crippen molar-refractivity contribution in [3.05, 3.63) is 47.0 Å². The number of alkyl halides is 3. The predicted octanol–water partition coefficient (Wildman–Crippen LogP) is 2.20. The van der Waals surface area contributed by atoms with Gasteiger partial charge in [-0.25, -0.2) is 9.50 Å². The van der Waals surface area contributed by atoms with Crippen molar-refractivity contribution in [3.63, 3.8) is 0 Å². The normalized spacial score (nSPS) is 11.5. The van der Waals surface area contributed by atoms with Gasteiger partial charge >= 0.3 is 6.18 Å². The molecule has 0 aliphatic carbocycles. The highest BCUT2D eigenvalue weighted by Crippen LogP contribution is 2.27. The van der Waals surface area contributed by atoms with Crippen LogP contribution in [0.3, 0.4) is 0 Å². The first-order valence-corrected chi connectivity index (χ1v) is 9.15. The summed E-state index contributed by atoms with van der Waals surface area (Å²) in [6.45, 7) is 2.95. The molecule has 0 bridgehead atoms. The number of aromatic nitrogens is 4. The van der Waals surface area contributed by atoms with Crippen molar-refractivity contribution >= 4 is 23.3 Å². The Morgan fingerprint density at radius 3 is 2.65 bits per heavy atom. The Kier molecular flexibility index (Phi) is 6.09. The van der Waals surface area contributed by atoms with Gasteiger partial charge in [-0.15, -0.1) is 5.10 Å². The van der Waals surface area contributed by atoms with Gasteiger partial charge in [0.15, 0.2) is 6.61 Å². The maximum absolute atomic E-state index is 12.9. The van der Waals surface area contributed by atoms with Gasteiger partial charge < -0.3 is 15.8 Å². The van der Waals surface area contributed by atoms with Crippen molar-refractivity contribution in [3.8, 4) is 5.75 Å². The van der Waals surface area contributed by atoms with Gasteiger partial charge in [0.2, 0.25) is 5.91 Å². The van der Waals surface area contributed by atoms with Gasteiger partial charge in [-0.1, -0.05) is 6.07 Å². The summed E-state index contributed by atoms with van der Waals surface area (Å²) in [6.07, 6.45) is -4.38. The molecule has 1 aromatic carbocycles. The van der Waals surface area contributed by atoms with Crippen molar-refractivity contribution in [1.82, 2.24) is 19.6 Å². The molecule has 0 aliphatic rings. The third kappa shape index (κ3) is 5.27. The molecule has 3 aromatic rings. The van der Waals surface area contributed by atoms with Crippen LogP contribution < -0.4 is 15.8 Å². The second-order valence-electron chi connectivity index (χ2n) is 6.74. The van der Waals surface area contributed by atoms with E-state index in [0.717, 1.165) is 4.52 Å². The lowest BCUT2D eigenvalue weighted by molar-refractivity contribution is -0.144. The molecule has 164 valence electrons. The van der Waals surface area contributed by atoms with Crippen LogP contribution in [0.4, 0.5) is 18.9 Å². The Balaban J connectivity index is 1.70. The lowest BCUT2D eigenvalue weighted by atomic mass is 10.1. The number of carbonyl (C=O) groups is 2. The highest BCUT2D eigenvalue weighted by molar-refractivity contribution is 5.91.